The number of aromatic nitrogens is 1. The number of hydrogen-bond acceptors (Lipinski definition) is 4. The summed E-state index contributed by atoms with van der Waals surface area (Å²) >= 11 is 0. The quantitative estimate of drug-likeness (QED) is 0.921. The highest BCUT2D eigenvalue weighted by Gasteiger charge is 2.22. The average Bonchev–Trinajstić information content (AvgIpc) is 2.35. The fourth-order valence-corrected chi connectivity index (χ4v) is 2.44. The molecule has 1 aliphatic rings. The van der Waals surface area contributed by atoms with Crippen LogP contribution in [0.15, 0.2) is 18.3 Å². The summed E-state index contributed by atoms with van der Waals surface area (Å²) in [4.78, 5) is 6.91. The molecule has 4 nitrogen and oxygen atoms in total. The molecule has 1 N–H and O–H groups in total. The summed E-state index contributed by atoms with van der Waals surface area (Å²) in [7, 11) is 0. The van der Waals surface area contributed by atoms with E-state index in [1.165, 1.54) is 5.56 Å². The van der Waals surface area contributed by atoms with Crippen molar-refractivity contribution in [1.82, 2.24) is 10.3 Å². The molecule has 1 saturated heterocycles. The molecule has 1 aromatic rings. The van der Waals surface area contributed by atoms with E-state index >= 15 is 0 Å². The Morgan fingerprint density at radius 3 is 2.40 bits per heavy atom. The molecule has 0 aliphatic carbocycles. The predicted molar refractivity (Wildman–Crippen MR) is 83.1 cm³/mol. The van der Waals surface area contributed by atoms with Crippen LogP contribution in [-0.2, 0) is 11.3 Å². The maximum atomic E-state index is 5.76. The Labute approximate surface area is 122 Å². The summed E-state index contributed by atoms with van der Waals surface area (Å²) in [5, 5.41) is 3.48. The number of rotatable bonds is 3. The van der Waals surface area contributed by atoms with Gasteiger partial charge < -0.3 is 15.0 Å². The van der Waals surface area contributed by atoms with Gasteiger partial charge >= 0.3 is 0 Å². The van der Waals surface area contributed by atoms with E-state index in [0.29, 0.717) is 0 Å². The minimum atomic E-state index is 0.133. The van der Waals surface area contributed by atoms with Crippen LogP contribution in [0.2, 0.25) is 0 Å². The predicted octanol–water partition coefficient (Wildman–Crippen LogP) is 2.58. The minimum absolute atomic E-state index is 0.133. The van der Waals surface area contributed by atoms with Gasteiger partial charge in [-0.3, -0.25) is 0 Å². The number of pyridine rings is 1. The van der Waals surface area contributed by atoms with Crippen molar-refractivity contribution in [2.24, 2.45) is 0 Å². The molecular weight excluding hydrogens is 250 g/mol. The minimum Gasteiger partial charge on any atom is -0.372 e. The zero-order valence-electron chi connectivity index (χ0n) is 13.3. The second-order valence-corrected chi connectivity index (χ2v) is 6.79. The van der Waals surface area contributed by atoms with Gasteiger partial charge in [-0.2, -0.15) is 0 Å². The van der Waals surface area contributed by atoms with E-state index in [9.17, 15) is 0 Å². The molecule has 4 heteroatoms. The van der Waals surface area contributed by atoms with E-state index in [0.717, 1.165) is 25.5 Å². The average molecular weight is 277 g/mol. The van der Waals surface area contributed by atoms with E-state index in [-0.39, 0.29) is 17.7 Å². The Balaban J connectivity index is 1.97. The van der Waals surface area contributed by atoms with Gasteiger partial charge in [0, 0.05) is 31.4 Å². The van der Waals surface area contributed by atoms with Gasteiger partial charge in [-0.25, -0.2) is 4.98 Å². The number of ether oxygens (including phenoxy) is 1. The number of nitrogens with one attached hydrogen (secondary N) is 1. The Kier molecular flexibility index (Phi) is 4.66. The van der Waals surface area contributed by atoms with Crippen molar-refractivity contribution in [1.29, 1.82) is 0 Å². The monoisotopic (exact) mass is 277 g/mol. The summed E-state index contributed by atoms with van der Waals surface area (Å²) in [6.45, 7) is 13.4. The van der Waals surface area contributed by atoms with Crippen LogP contribution in [0, 0.1) is 0 Å². The molecule has 1 fully saturated rings. The van der Waals surface area contributed by atoms with Crippen LogP contribution >= 0.6 is 0 Å². The fraction of sp³-hybridized carbons (Fsp3) is 0.688. The summed E-state index contributed by atoms with van der Waals surface area (Å²) in [5.41, 5.74) is 1.35. The lowest BCUT2D eigenvalue weighted by atomic mass is 10.1. The molecule has 0 aromatic carbocycles. The van der Waals surface area contributed by atoms with Gasteiger partial charge in [0.25, 0.3) is 0 Å². The number of anilines is 1. The van der Waals surface area contributed by atoms with Gasteiger partial charge in [-0.15, -0.1) is 0 Å². The third kappa shape index (κ3) is 4.46. The number of nitrogens with zero attached hydrogens (tertiary/aromatic N) is 2. The molecule has 2 heterocycles. The summed E-state index contributed by atoms with van der Waals surface area (Å²) in [6, 6.07) is 4.27. The van der Waals surface area contributed by atoms with Crippen LogP contribution in [0.4, 0.5) is 5.82 Å². The van der Waals surface area contributed by atoms with Crippen molar-refractivity contribution in [2.45, 2.75) is 58.9 Å². The first-order valence-electron chi connectivity index (χ1n) is 7.44. The van der Waals surface area contributed by atoms with Crippen molar-refractivity contribution < 1.29 is 4.74 Å². The van der Waals surface area contributed by atoms with E-state index in [2.05, 4.69) is 62.0 Å². The molecule has 0 unspecified atom stereocenters. The Morgan fingerprint density at radius 2 is 1.90 bits per heavy atom. The van der Waals surface area contributed by atoms with E-state index in [1.807, 2.05) is 6.20 Å². The molecular formula is C16H27N3O. The van der Waals surface area contributed by atoms with Gasteiger partial charge in [0.1, 0.15) is 5.82 Å². The Hall–Kier alpha value is -1.13. The lowest BCUT2D eigenvalue weighted by Crippen LogP contribution is -2.45. The zero-order valence-corrected chi connectivity index (χ0v) is 13.3. The maximum Gasteiger partial charge on any atom is 0.128 e. The molecule has 0 bridgehead atoms. The standard InChI is InChI=1S/C16H27N3O/c1-12-10-19(11-13(2)20-12)15-7-6-14(8-17-15)9-18-16(3,4)5/h6-8,12-13,18H,9-11H2,1-5H3/t12-,13+. The fourth-order valence-electron chi connectivity index (χ4n) is 2.44. The maximum absolute atomic E-state index is 5.76. The van der Waals surface area contributed by atoms with Crippen molar-refractivity contribution in [3.63, 3.8) is 0 Å². The van der Waals surface area contributed by atoms with E-state index in [4.69, 9.17) is 4.74 Å². The summed E-state index contributed by atoms with van der Waals surface area (Å²) in [5.74, 6) is 1.05. The highest BCUT2D eigenvalue weighted by atomic mass is 16.5. The number of morpholine rings is 1. The molecule has 112 valence electrons. The largest absolute Gasteiger partial charge is 0.372 e. The van der Waals surface area contributed by atoms with Crippen LogP contribution < -0.4 is 10.2 Å². The molecule has 0 amide bonds. The van der Waals surface area contributed by atoms with E-state index < -0.39 is 0 Å². The molecule has 0 spiro atoms. The van der Waals surface area contributed by atoms with Crippen molar-refractivity contribution in [3.8, 4) is 0 Å². The lowest BCUT2D eigenvalue weighted by Gasteiger charge is -2.36. The third-order valence-corrected chi connectivity index (χ3v) is 3.38. The van der Waals surface area contributed by atoms with Gasteiger partial charge in [0.2, 0.25) is 0 Å². The first kappa shape index (κ1) is 15.3. The zero-order chi connectivity index (χ0) is 14.8. The molecule has 0 saturated carbocycles. The SMILES string of the molecule is C[C@@H]1CN(c2ccc(CNC(C)(C)C)cn2)C[C@H](C)O1. The second-order valence-electron chi connectivity index (χ2n) is 6.79. The van der Waals surface area contributed by atoms with Crippen LogP contribution in [0.25, 0.3) is 0 Å². The summed E-state index contributed by atoms with van der Waals surface area (Å²) < 4.78 is 5.76. The Bertz CT molecular complexity index is 414. The first-order valence-corrected chi connectivity index (χ1v) is 7.44. The third-order valence-electron chi connectivity index (χ3n) is 3.38. The van der Waals surface area contributed by atoms with Gasteiger partial charge in [-0.05, 0) is 46.2 Å². The van der Waals surface area contributed by atoms with Gasteiger partial charge in [-0.1, -0.05) is 6.07 Å². The molecule has 1 aromatic heterocycles. The molecule has 2 rings (SSSR count). The van der Waals surface area contributed by atoms with Crippen LogP contribution in [0.3, 0.4) is 0 Å². The molecule has 2 atom stereocenters. The second kappa shape index (κ2) is 6.10. The molecule has 1 aliphatic heterocycles. The van der Waals surface area contributed by atoms with Crippen LogP contribution in [0.1, 0.15) is 40.2 Å². The topological polar surface area (TPSA) is 37.4 Å². The highest BCUT2D eigenvalue weighted by Crippen LogP contribution is 2.18. The van der Waals surface area contributed by atoms with Gasteiger partial charge in [0.15, 0.2) is 0 Å². The van der Waals surface area contributed by atoms with Crippen LogP contribution in [-0.4, -0.2) is 35.8 Å². The Morgan fingerprint density at radius 1 is 1.25 bits per heavy atom. The first-order chi connectivity index (χ1) is 9.33. The number of hydrogen-bond donors (Lipinski definition) is 1. The highest BCUT2D eigenvalue weighted by molar-refractivity contribution is 5.40. The normalized spacial score (nSPS) is 23.9. The van der Waals surface area contributed by atoms with Crippen LogP contribution in [0.5, 0.6) is 0 Å². The van der Waals surface area contributed by atoms with Crippen molar-refractivity contribution in [3.05, 3.63) is 23.9 Å². The lowest BCUT2D eigenvalue weighted by molar-refractivity contribution is -0.00545. The summed E-state index contributed by atoms with van der Waals surface area (Å²) in [6.07, 6.45) is 2.50. The smallest absolute Gasteiger partial charge is 0.128 e. The van der Waals surface area contributed by atoms with E-state index in [1.54, 1.807) is 0 Å². The van der Waals surface area contributed by atoms with Crippen molar-refractivity contribution >= 4 is 5.82 Å². The molecule has 0 radical (unpaired) electrons. The van der Waals surface area contributed by atoms with Crippen molar-refractivity contribution in [2.75, 3.05) is 18.0 Å². The molecule has 20 heavy (non-hydrogen) atoms. The van der Waals surface area contributed by atoms with Gasteiger partial charge in [0.05, 0.1) is 12.2 Å².